The molecule has 1 atom stereocenters. The number of carbonyl (C=O) groups excluding carboxylic acids is 1. The van der Waals surface area contributed by atoms with Crippen molar-refractivity contribution in [3.63, 3.8) is 0 Å². The van der Waals surface area contributed by atoms with Crippen molar-refractivity contribution in [2.24, 2.45) is 0 Å². The number of carbonyl (C=O) groups is 1. The zero-order valence-corrected chi connectivity index (χ0v) is 11.3. The second-order valence-corrected chi connectivity index (χ2v) is 5.55. The minimum atomic E-state index is -0.996. The summed E-state index contributed by atoms with van der Waals surface area (Å²) in [6, 6.07) is 8.52. The van der Waals surface area contributed by atoms with Gasteiger partial charge in [0, 0.05) is 6.54 Å². The molecule has 1 heterocycles. The van der Waals surface area contributed by atoms with E-state index in [2.05, 4.69) is 0 Å². The number of hydrogen-bond donors (Lipinski definition) is 0. The van der Waals surface area contributed by atoms with Crippen molar-refractivity contribution in [2.45, 2.75) is 45.2 Å². The minimum absolute atomic E-state index is 0.399. The molecule has 98 valence electrons. The maximum atomic E-state index is 12.2. The number of hydrogen-bond acceptors (Lipinski definition) is 2. The fraction of sp³-hybridized carbons (Fsp3) is 0.533. The molecule has 2 rings (SSSR count). The van der Waals surface area contributed by atoms with Gasteiger partial charge in [0.25, 0.3) is 0 Å². The summed E-state index contributed by atoms with van der Waals surface area (Å²) in [5.41, 5.74) is 0.315. The smallest absolute Gasteiger partial charge is 0.410 e. The molecule has 1 fully saturated rings. The summed E-state index contributed by atoms with van der Waals surface area (Å²) in [6.07, 6.45) is 1.08. The van der Waals surface area contributed by atoms with E-state index in [4.69, 9.17) is 6.11 Å². The van der Waals surface area contributed by atoms with Gasteiger partial charge in [-0.1, -0.05) is 30.3 Å². The van der Waals surface area contributed by atoms with Gasteiger partial charge in [-0.15, -0.1) is 0 Å². The van der Waals surface area contributed by atoms with Gasteiger partial charge in [0.15, 0.2) is 0 Å². The Bertz CT molecular complexity index is 455. The van der Waals surface area contributed by atoms with E-state index in [1.165, 1.54) is 4.90 Å². The first kappa shape index (κ1) is 11.6. The van der Waals surface area contributed by atoms with Gasteiger partial charge in [-0.3, -0.25) is 0 Å². The largest absolute Gasteiger partial charge is 0.444 e. The van der Waals surface area contributed by atoms with E-state index in [-0.39, 0.29) is 0 Å². The van der Waals surface area contributed by atoms with Gasteiger partial charge in [0.05, 0.1) is 7.39 Å². The van der Waals surface area contributed by atoms with Gasteiger partial charge in [0.1, 0.15) is 5.60 Å². The molecule has 18 heavy (non-hydrogen) atoms. The maximum Gasteiger partial charge on any atom is 0.410 e. The molecule has 1 aromatic rings. The first-order valence-corrected chi connectivity index (χ1v) is 6.39. The van der Waals surface area contributed by atoms with Crippen molar-refractivity contribution >= 4 is 6.09 Å². The molecule has 0 N–H and O–H groups in total. The topological polar surface area (TPSA) is 29.5 Å². The van der Waals surface area contributed by atoms with Crippen molar-refractivity contribution in [1.29, 1.82) is 0 Å². The lowest BCUT2D eigenvalue weighted by Gasteiger charge is -2.28. The highest BCUT2D eigenvalue weighted by atomic mass is 16.6. The Morgan fingerprint density at radius 1 is 1.39 bits per heavy atom. The molecule has 1 aliphatic heterocycles. The summed E-state index contributed by atoms with van der Waals surface area (Å²) in [4.78, 5) is 13.8. The summed E-state index contributed by atoms with van der Waals surface area (Å²) in [6.45, 7) is 6.10. The second kappa shape index (κ2) is 5.01. The van der Waals surface area contributed by atoms with Crippen LogP contribution in [0.4, 0.5) is 4.79 Å². The van der Waals surface area contributed by atoms with E-state index >= 15 is 0 Å². The predicted molar refractivity (Wildman–Crippen MR) is 71.4 cm³/mol. The monoisotopic (exact) mass is 248 g/mol. The number of ether oxygens (including phenoxy) is 1. The van der Waals surface area contributed by atoms with Crippen LogP contribution in [0, 0.1) is 0 Å². The molecule has 3 heteroatoms. The molecule has 1 aliphatic rings. The SMILES string of the molecule is [2H]C1(c2ccccc2)CCCN1C(=O)OC(C)(C)C. The third-order valence-corrected chi connectivity index (χ3v) is 2.84. The maximum absolute atomic E-state index is 12.2. The van der Waals surface area contributed by atoms with E-state index in [1.54, 1.807) is 0 Å². The van der Waals surface area contributed by atoms with Crippen LogP contribution in [0.3, 0.4) is 0 Å². The van der Waals surface area contributed by atoms with Crippen LogP contribution in [-0.2, 0) is 4.74 Å². The number of likely N-dealkylation sites (tertiary alicyclic amines) is 1. The fourth-order valence-corrected chi connectivity index (χ4v) is 2.12. The van der Waals surface area contributed by atoms with Gasteiger partial charge in [-0.05, 0) is 39.2 Å². The van der Waals surface area contributed by atoms with Gasteiger partial charge in [-0.25, -0.2) is 4.79 Å². The van der Waals surface area contributed by atoms with Gasteiger partial charge in [0.2, 0.25) is 0 Å². The number of nitrogens with zero attached hydrogens (tertiary/aromatic N) is 1. The van der Waals surface area contributed by atoms with Crippen LogP contribution in [0.25, 0.3) is 0 Å². The zero-order valence-electron chi connectivity index (χ0n) is 12.3. The van der Waals surface area contributed by atoms with Crippen LogP contribution in [0.1, 0.15) is 46.6 Å². The van der Waals surface area contributed by atoms with Gasteiger partial charge in [-0.2, -0.15) is 0 Å². The molecule has 0 aromatic heterocycles. The molecule has 0 bridgehead atoms. The third kappa shape index (κ3) is 3.03. The van der Waals surface area contributed by atoms with Crippen LogP contribution in [0.2, 0.25) is 0 Å². The number of amides is 1. The highest BCUT2D eigenvalue weighted by Gasteiger charge is 2.32. The normalized spacial score (nSPS) is 24.8. The molecule has 0 saturated carbocycles. The Kier molecular flexibility index (Phi) is 3.22. The average molecular weight is 248 g/mol. The summed E-state index contributed by atoms with van der Waals surface area (Å²) < 4.78 is 14.0. The Morgan fingerprint density at radius 3 is 2.67 bits per heavy atom. The molecule has 1 amide bonds. The Hall–Kier alpha value is -1.51. The lowest BCUT2D eigenvalue weighted by molar-refractivity contribution is 0.0224. The van der Waals surface area contributed by atoms with E-state index < -0.39 is 17.7 Å². The third-order valence-electron chi connectivity index (χ3n) is 2.84. The summed E-state index contributed by atoms with van der Waals surface area (Å²) in [7, 11) is 0. The van der Waals surface area contributed by atoms with Crippen LogP contribution >= 0.6 is 0 Å². The van der Waals surface area contributed by atoms with Crippen LogP contribution in [0.5, 0.6) is 0 Å². The van der Waals surface area contributed by atoms with Gasteiger partial charge < -0.3 is 9.64 Å². The lowest BCUT2D eigenvalue weighted by Crippen LogP contribution is -2.36. The minimum Gasteiger partial charge on any atom is -0.444 e. The quantitative estimate of drug-likeness (QED) is 0.757. The Balaban J connectivity index is 2.24. The molecule has 0 spiro atoms. The van der Waals surface area contributed by atoms with Crippen molar-refractivity contribution in [2.75, 3.05) is 6.54 Å². The fourth-order valence-electron chi connectivity index (χ4n) is 2.12. The highest BCUT2D eigenvalue weighted by Crippen LogP contribution is 2.32. The summed E-state index contributed by atoms with van der Waals surface area (Å²) in [5.74, 6) is 0. The molecule has 0 radical (unpaired) electrons. The molecule has 0 aliphatic carbocycles. The molecule has 1 saturated heterocycles. The molecule has 3 nitrogen and oxygen atoms in total. The van der Waals surface area contributed by atoms with Crippen LogP contribution in [0.15, 0.2) is 30.3 Å². The van der Waals surface area contributed by atoms with Gasteiger partial charge >= 0.3 is 6.09 Å². The number of rotatable bonds is 1. The highest BCUT2D eigenvalue weighted by molar-refractivity contribution is 5.69. The summed E-state index contributed by atoms with van der Waals surface area (Å²) >= 11 is 0. The Labute approximate surface area is 110 Å². The van der Waals surface area contributed by atoms with E-state index in [9.17, 15) is 4.79 Å². The second-order valence-electron chi connectivity index (χ2n) is 5.55. The zero-order chi connectivity index (χ0) is 14.1. The van der Waals surface area contributed by atoms with E-state index in [0.29, 0.717) is 13.0 Å². The molecule has 1 unspecified atom stereocenters. The van der Waals surface area contributed by atoms with Crippen molar-refractivity contribution in [3.8, 4) is 0 Å². The van der Waals surface area contributed by atoms with Crippen LogP contribution in [-0.4, -0.2) is 23.1 Å². The average Bonchev–Trinajstić information content (AvgIpc) is 2.72. The molecular formula is C15H21NO2. The van der Waals surface area contributed by atoms with Crippen molar-refractivity contribution in [1.82, 2.24) is 4.90 Å². The van der Waals surface area contributed by atoms with Crippen molar-refractivity contribution in [3.05, 3.63) is 35.9 Å². The first-order valence-electron chi connectivity index (χ1n) is 6.89. The molecule has 1 aromatic carbocycles. The first-order chi connectivity index (χ1) is 8.83. The lowest BCUT2D eigenvalue weighted by atomic mass is 10.1. The van der Waals surface area contributed by atoms with Crippen molar-refractivity contribution < 1.29 is 10.9 Å². The van der Waals surface area contributed by atoms with E-state index in [0.717, 1.165) is 12.0 Å². The summed E-state index contributed by atoms with van der Waals surface area (Å²) in [5, 5.41) is 0. The Morgan fingerprint density at radius 2 is 2.06 bits per heavy atom. The van der Waals surface area contributed by atoms with E-state index in [1.807, 2.05) is 51.1 Å². The standard InChI is InChI=1S/C15H21NO2/c1-15(2,3)18-14(17)16-11-7-10-13(16)12-8-5-4-6-9-12/h4-6,8-9,13H,7,10-11H2,1-3H3/i13D. The predicted octanol–water partition coefficient (Wildman–Crippen LogP) is 3.76. The molecular weight excluding hydrogens is 226 g/mol. The van der Waals surface area contributed by atoms with Crippen LogP contribution < -0.4 is 0 Å². The number of benzene rings is 1.